The van der Waals surface area contributed by atoms with E-state index < -0.39 is 16.1 Å². The van der Waals surface area contributed by atoms with Gasteiger partial charge in [0.25, 0.3) is 15.9 Å². The first kappa shape index (κ1) is 25.3. The number of carbonyl (C=O) groups excluding carboxylic acids is 1. The second-order valence-electron chi connectivity index (χ2n) is 9.90. The lowest BCUT2D eigenvalue weighted by Crippen LogP contribution is -2.53. The van der Waals surface area contributed by atoms with Gasteiger partial charge in [0, 0.05) is 25.2 Å². The summed E-state index contributed by atoms with van der Waals surface area (Å²) in [5.41, 5.74) is 3.22. The Morgan fingerprint density at radius 2 is 1.65 bits per heavy atom. The van der Waals surface area contributed by atoms with E-state index in [9.17, 15) is 13.2 Å². The molecular weight excluding hydrogens is 488 g/mol. The Kier molecular flexibility index (Phi) is 6.96. The highest BCUT2D eigenvalue weighted by Gasteiger charge is 2.40. The summed E-state index contributed by atoms with van der Waals surface area (Å²) in [6, 6.07) is 22.3. The van der Waals surface area contributed by atoms with Crippen molar-refractivity contribution in [3.8, 4) is 5.75 Å². The van der Waals surface area contributed by atoms with Gasteiger partial charge < -0.3 is 14.8 Å². The summed E-state index contributed by atoms with van der Waals surface area (Å²) < 4.78 is 40.4. The zero-order valence-electron chi connectivity index (χ0n) is 21.1. The molecule has 37 heavy (non-hydrogen) atoms. The number of sulfonamides is 1. The Balaban J connectivity index is 1.41. The van der Waals surface area contributed by atoms with E-state index in [-0.39, 0.29) is 22.8 Å². The van der Waals surface area contributed by atoms with Crippen molar-refractivity contribution in [3.63, 3.8) is 0 Å². The number of benzene rings is 3. The van der Waals surface area contributed by atoms with Crippen LogP contribution in [0.1, 0.15) is 29.5 Å². The van der Waals surface area contributed by atoms with Crippen LogP contribution in [0.25, 0.3) is 0 Å². The normalized spacial score (nSPS) is 19.0. The molecular formula is C29H32N2O5S. The predicted molar refractivity (Wildman–Crippen MR) is 142 cm³/mol. The largest absolute Gasteiger partial charge is 0.476 e. The molecule has 194 valence electrons. The molecule has 0 spiro atoms. The molecule has 8 heteroatoms. The molecule has 0 saturated carbocycles. The summed E-state index contributed by atoms with van der Waals surface area (Å²) in [6.07, 6.45) is 0.598. The van der Waals surface area contributed by atoms with Crippen molar-refractivity contribution in [1.29, 1.82) is 0 Å². The summed E-state index contributed by atoms with van der Waals surface area (Å²) in [5.74, 6) is 0.0358. The fourth-order valence-electron chi connectivity index (χ4n) is 5.05. The number of hydrogen-bond donors (Lipinski definition) is 1. The van der Waals surface area contributed by atoms with Crippen LogP contribution in [0.4, 0.5) is 5.69 Å². The van der Waals surface area contributed by atoms with Crippen molar-refractivity contribution in [3.05, 3.63) is 89.5 Å². The molecule has 2 heterocycles. The Labute approximate surface area is 218 Å². The van der Waals surface area contributed by atoms with Crippen LogP contribution in [0.15, 0.2) is 77.7 Å². The number of nitrogens with zero attached hydrogens (tertiary/aromatic N) is 1. The van der Waals surface area contributed by atoms with Crippen molar-refractivity contribution < 1.29 is 22.7 Å². The molecule has 1 N–H and O–H groups in total. The lowest BCUT2D eigenvalue weighted by atomic mass is 9.74. The SMILES string of the molecule is Cc1ccc(S(=O)(=O)N2CC(C(=O)NCC3(c4ccccc4)CCOCC3)Oc3ccc(C)cc32)cc1. The van der Waals surface area contributed by atoms with Crippen LogP contribution < -0.4 is 14.4 Å². The van der Waals surface area contributed by atoms with E-state index in [0.29, 0.717) is 31.2 Å². The van der Waals surface area contributed by atoms with Gasteiger partial charge >= 0.3 is 0 Å². The molecule has 1 unspecified atom stereocenters. The standard InChI is InChI=1S/C29H32N2O5S/c1-21-8-11-24(12-9-21)37(33,34)31-19-27(36-26-13-10-22(2)18-25(26)31)28(32)30-20-29(14-16-35-17-15-29)23-6-4-3-5-7-23/h3-13,18,27H,14-17,19-20H2,1-2H3,(H,30,32). The Hall–Kier alpha value is -3.36. The molecule has 0 bridgehead atoms. The fraction of sp³-hybridized carbons (Fsp3) is 0.345. The molecule has 0 radical (unpaired) electrons. The van der Waals surface area contributed by atoms with Gasteiger partial charge in [-0.05, 0) is 62.1 Å². The molecule has 2 aliphatic rings. The molecule has 1 amide bonds. The number of hydrogen-bond acceptors (Lipinski definition) is 5. The van der Waals surface area contributed by atoms with Crippen molar-refractivity contribution >= 4 is 21.6 Å². The molecule has 1 fully saturated rings. The van der Waals surface area contributed by atoms with Crippen LogP contribution in [-0.2, 0) is 25.0 Å². The second kappa shape index (κ2) is 10.2. The van der Waals surface area contributed by atoms with Gasteiger partial charge in [0.05, 0.1) is 17.1 Å². The summed E-state index contributed by atoms with van der Waals surface area (Å²) >= 11 is 0. The van der Waals surface area contributed by atoms with Gasteiger partial charge in [-0.1, -0.05) is 54.1 Å². The lowest BCUT2D eigenvalue weighted by molar-refractivity contribution is -0.128. The van der Waals surface area contributed by atoms with Crippen LogP contribution >= 0.6 is 0 Å². The molecule has 0 aliphatic carbocycles. The molecule has 3 aromatic rings. The first-order valence-corrected chi connectivity index (χ1v) is 14.0. The van der Waals surface area contributed by atoms with Crippen LogP contribution in [0.2, 0.25) is 0 Å². The maximum Gasteiger partial charge on any atom is 0.264 e. The number of ether oxygens (including phenoxy) is 2. The van der Waals surface area contributed by atoms with E-state index in [1.807, 2.05) is 38.1 Å². The van der Waals surface area contributed by atoms with Gasteiger partial charge in [-0.2, -0.15) is 0 Å². The number of anilines is 1. The Morgan fingerprint density at radius 1 is 0.973 bits per heavy atom. The molecule has 1 saturated heterocycles. The highest BCUT2D eigenvalue weighted by atomic mass is 32.2. The highest BCUT2D eigenvalue weighted by Crippen LogP contribution is 2.38. The Morgan fingerprint density at radius 3 is 2.35 bits per heavy atom. The van der Waals surface area contributed by atoms with E-state index in [2.05, 4.69) is 17.4 Å². The average Bonchev–Trinajstić information content (AvgIpc) is 2.92. The maximum absolute atomic E-state index is 13.7. The molecule has 5 rings (SSSR count). The van der Waals surface area contributed by atoms with Crippen LogP contribution in [0.5, 0.6) is 5.75 Å². The lowest BCUT2D eigenvalue weighted by Gasteiger charge is -2.39. The van der Waals surface area contributed by atoms with Gasteiger partial charge in [0.2, 0.25) is 0 Å². The number of nitrogens with one attached hydrogen (secondary N) is 1. The number of aryl methyl sites for hydroxylation is 2. The highest BCUT2D eigenvalue weighted by molar-refractivity contribution is 7.92. The molecule has 7 nitrogen and oxygen atoms in total. The van der Waals surface area contributed by atoms with Crippen molar-refractivity contribution in [2.75, 3.05) is 30.6 Å². The quantitative estimate of drug-likeness (QED) is 0.529. The van der Waals surface area contributed by atoms with Crippen molar-refractivity contribution in [1.82, 2.24) is 5.32 Å². The van der Waals surface area contributed by atoms with Crippen LogP contribution in [-0.4, -0.2) is 46.7 Å². The van der Waals surface area contributed by atoms with E-state index in [1.54, 1.807) is 36.4 Å². The third-order valence-corrected chi connectivity index (χ3v) is 9.12. The minimum absolute atomic E-state index is 0.111. The van der Waals surface area contributed by atoms with E-state index in [0.717, 1.165) is 29.5 Å². The monoisotopic (exact) mass is 520 g/mol. The summed E-state index contributed by atoms with van der Waals surface area (Å²) in [6.45, 7) is 5.36. The number of amides is 1. The zero-order valence-corrected chi connectivity index (χ0v) is 22.0. The first-order valence-electron chi connectivity index (χ1n) is 12.6. The van der Waals surface area contributed by atoms with E-state index in [4.69, 9.17) is 9.47 Å². The zero-order chi connectivity index (χ0) is 26.0. The summed E-state index contributed by atoms with van der Waals surface area (Å²) in [4.78, 5) is 13.6. The van der Waals surface area contributed by atoms with Gasteiger partial charge in [0.1, 0.15) is 5.75 Å². The third kappa shape index (κ3) is 5.08. The molecule has 0 aromatic heterocycles. The van der Waals surface area contributed by atoms with Crippen LogP contribution in [0, 0.1) is 13.8 Å². The average molecular weight is 521 g/mol. The Bertz CT molecular complexity index is 1370. The molecule has 1 atom stereocenters. The minimum atomic E-state index is -3.91. The first-order chi connectivity index (χ1) is 17.8. The number of carbonyl (C=O) groups is 1. The van der Waals surface area contributed by atoms with Gasteiger partial charge in [-0.25, -0.2) is 8.42 Å². The van der Waals surface area contributed by atoms with Gasteiger partial charge in [-0.3, -0.25) is 9.10 Å². The summed E-state index contributed by atoms with van der Waals surface area (Å²) in [7, 11) is -3.91. The maximum atomic E-state index is 13.7. The predicted octanol–water partition coefficient (Wildman–Crippen LogP) is 4.12. The van der Waals surface area contributed by atoms with Crippen molar-refractivity contribution in [2.24, 2.45) is 0 Å². The second-order valence-corrected chi connectivity index (χ2v) is 11.8. The topological polar surface area (TPSA) is 84.9 Å². The fourth-order valence-corrected chi connectivity index (χ4v) is 6.52. The third-order valence-electron chi connectivity index (χ3n) is 7.32. The van der Waals surface area contributed by atoms with Gasteiger partial charge in [-0.15, -0.1) is 0 Å². The van der Waals surface area contributed by atoms with Gasteiger partial charge in [0.15, 0.2) is 6.10 Å². The molecule has 2 aliphatic heterocycles. The van der Waals surface area contributed by atoms with E-state index in [1.165, 1.54) is 4.31 Å². The molecule has 3 aromatic carbocycles. The number of rotatable bonds is 6. The van der Waals surface area contributed by atoms with E-state index >= 15 is 0 Å². The van der Waals surface area contributed by atoms with Crippen molar-refractivity contribution in [2.45, 2.75) is 43.1 Å². The summed E-state index contributed by atoms with van der Waals surface area (Å²) in [5, 5.41) is 3.08. The smallest absolute Gasteiger partial charge is 0.264 e. The minimum Gasteiger partial charge on any atom is -0.476 e. The van der Waals surface area contributed by atoms with Crippen LogP contribution in [0.3, 0.4) is 0 Å². The number of fused-ring (bicyclic) bond motifs is 1.